The molecule has 5 heteroatoms. The molecule has 0 aromatic heterocycles. The second-order valence-electron chi connectivity index (χ2n) is 6.94. The minimum Gasteiger partial charge on any atom is -0.481 e. The van der Waals surface area contributed by atoms with Crippen LogP contribution in [0.4, 0.5) is 0 Å². The lowest BCUT2D eigenvalue weighted by Crippen LogP contribution is -2.54. The number of hydrogen-bond acceptors (Lipinski definition) is 3. The van der Waals surface area contributed by atoms with Gasteiger partial charge in [-0.05, 0) is 32.6 Å². The third kappa shape index (κ3) is 3.57. The Morgan fingerprint density at radius 1 is 1.10 bits per heavy atom. The molecule has 4 N–H and O–H groups in total. The zero-order valence-electron chi connectivity index (χ0n) is 12.9. The maximum Gasteiger partial charge on any atom is 0.311 e. The predicted molar refractivity (Wildman–Crippen MR) is 80.7 cm³/mol. The monoisotopic (exact) mass is 296 g/mol. The Balaban J connectivity index is 2.04. The first kappa shape index (κ1) is 16.3. The lowest BCUT2D eigenvalue weighted by atomic mass is 9.71. The molecular weight excluding hydrogens is 268 g/mol. The normalized spacial score (nSPS) is 37.5. The summed E-state index contributed by atoms with van der Waals surface area (Å²) in [6, 6.07) is -0.362. The third-order valence-electron chi connectivity index (χ3n) is 5.42. The van der Waals surface area contributed by atoms with Gasteiger partial charge >= 0.3 is 5.97 Å². The average Bonchev–Trinajstić information content (AvgIpc) is 2.66. The third-order valence-corrected chi connectivity index (χ3v) is 5.42. The number of hydrogen-bond donors (Lipinski definition) is 3. The number of carboxylic acid groups (broad SMARTS) is 1. The van der Waals surface area contributed by atoms with Gasteiger partial charge in [-0.3, -0.25) is 9.59 Å². The molecule has 0 saturated heterocycles. The number of aliphatic carboxylic acids is 1. The topological polar surface area (TPSA) is 92.4 Å². The lowest BCUT2D eigenvalue weighted by molar-refractivity contribution is -0.152. The van der Waals surface area contributed by atoms with Crippen molar-refractivity contribution in [2.75, 3.05) is 0 Å². The van der Waals surface area contributed by atoms with Crippen LogP contribution >= 0.6 is 0 Å². The van der Waals surface area contributed by atoms with Crippen molar-refractivity contribution >= 4 is 11.9 Å². The molecule has 1 amide bonds. The van der Waals surface area contributed by atoms with Gasteiger partial charge in [-0.2, -0.15) is 0 Å². The van der Waals surface area contributed by atoms with E-state index in [4.69, 9.17) is 5.73 Å². The number of carbonyl (C=O) groups is 2. The predicted octanol–water partition coefficient (Wildman–Crippen LogP) is 2.04. The van der Waals surface area contributed by atoms with Gasteiger partial charge in [0.1, 0.15) is 0 Å². The van der Waals surface area contributed by atoms with Crippen LogP contribution in [0.1, 0.15) is 64.7 Å². The van der Waals surface area contributed by atoms with E-state index >= 15 is 0 Å². The Labute approximate surface area is 126 Å². The van der Waals surface area contributed by atoms with E-state index in [2.05, 4.69) is 5.32 Å². The number of rotatable bonds is 3. The number of carboxylic acids is 1. The molecule has 0 heterocycles. The molecule has 0 aromatic carbocycles. The Morgan fingerprint density at radius 3 is 2.48 bits per heavy atom. The minimum atomic E-state index is -0.845. The van der Waals surface area contributed by atoms with Gasteiger partial charge in [-0.25, -0.2) is 0 Å². The first-order valence-corrected chi connectivity index (χ1v) is 8.24. The Bertz CT molecular complexity index is 399. The number of nitrogens with two attached hydrogens (primary N) is 1. The van der Waals surface area contributed by atoms with E-state index in [0.717, 1.165) is 51.4 Å². The highest BCUT2D eigenvalue weighted by Gasteiger charge is 2.44. The molecule has 0 aromatic rings. The van der Waals surface area contributed by atoms with E-state index in [-0.39, 0.29) is 23.9 Å². The highest BCUT2D eigenvalue weighted by Crippen LogP contribution is 2.37. The fourth-order valence-electron chi connectivity index (χ4n) is 3.76. The Hall–Kier alpha value is -1.10. The molecular formula is C16H28N2O3. The molecule has 2 fully saturated rings. The molecule has 0 bridgehead atoms. The molecule has 5 nitrogen and oxygen atoms in total. The highest BCUT2D eigenvalue weighted by molar-refractivity contribution is 5.82. The second kappa shape index (κ2) is 6.77. The van der Waals surface area contributed by atoms with Crippen LogP contribution in [0, 0.1) is 11.3 Å². The number of nitrogens with one attached hydrogen (secondary N) is 1. The molecule has 4 unspecified atom stereocenters. The highest BCUT2D eigenvalue weighted by atomic mass is 16.4. The summed E-state index contributed by atoms with van der Waals surface area (Å²) in [6.45, 7) is 1.76. The first-order chi connectivity index (χ1) is 9.95. The van der Waals surface area contributed by atoms with Gasteiger partial charge < -0.3 is 16.2 Å². The lowest BCUT2D eigenvalue weighted by Gasteiger charge is -2.39. The quantitative estimate of drug-likeness (QED) is 0.695. The maximum atomic E-state index is 12.6. The summed E-state index contributed by atoms with van der Waals surface area (Å²) in [5, 5.41) is 12.5. The fraction of sp³-hybridized carbons (Fsp3) is 0.875. The van der Waals surface area contributed by atoms with Crippen molar-refractivity contribution in [2.24, 2.45) is 17.1 Å². The second-order valence-corrected chi connectivity index (χ2v) is 6.94. The Kier molecular flexibility index (Phi) is 5.25. The summed E-state index contributed by atoms with van der Waals surface area (Å²) in [5.74, 6) is -1.01. The van der Waals surface area contributed by atoms with Gasteiger partial charge in [0.15, 0.2) is 0 Å². The summed E-state index contributed by atoms with van der Waals surface area (Å²) in [4.78, 5) is 24.1. The zero-order valence-corrected chi connectivity index (χ0v) is 12.9. The van der Waals surface area contributed by atoms with E-state index in [1.807, 2.05) is 0 Å². The number of amides is 1. The number of carbonyl (C=O) groups excluding carboxylic acids is 1. The van der Waals surface area contributed by atoms with Crippen LogP contribution in [-0.4, -0.2) is 29.1 Å². The standard InChI is InChI=1S/C16H28N2O3/c1-16(15(20)21)10-6-5-9-13(16)18-14(19)11-7-3-2-4-8-12(11)17/h11-13H,2-10,17H2,1H3,(H,18,19)(H,20,21). The van der Waals surface area contributed by atoms with Crippen LogP contribution in [0.15, 0.2) is 0 Å². The maximum absolute atomic E-state index is 12.6. The van der Waals surface area contributed by atoms with Crippen LogP contribution in [0.2, 0.25) is 0 Å². The van der Waals surface area contributed by atoms with E-state index in [1.54, 1.807) is 6.92 Å². The van der Waals surface area contributed by atoms with Crippen LogP contribution in [0.3, 0.4) is 0 Å². The van der Waals surface area contributed by atoms with Crippen molar-refractivity contribution < 1.29 is 14.7 Å². The summed E-state index contributed by atoms with van der Waals surface area (Å²) in [6.07, 6.45) is 8.23. The molecule has 21 heavy (non-hydrogen) atoms. The van der Waals surface area contributed by atoms with Gasteiger partial charge in [-0.15, -0.1) is 0 Å². The van der Waals surface area contributed by atoms with Crippen molar-refractivity contribution in [1.29, 1.82) is 0 Å². The molecule has 2 rings (SSSR count). The van der Waals surface area contributed by atoms with E-state index < -0.39 is 11.4 Å². The van der Waals surface area contributed by atoms with Crippen molar-refractivity contribution in [3.8, 4) is 0 Å². The van der Waals surface area contributed by atoms with Crippen LogP contribution < -0.4 is 11.1 Å². The molecule has 120 valence electrons. The van der Waals surface area contributed by atoms with Crippen LogP contribution in [0.5, 0.6) is 0 Å². The van der Waals surface area contributed by atoms with E-state index in [0.29, 0.717) is 6.42 Å². The molecule has 0 spiro atoms. The minimum absolute atomic E-state index is 0.0382. The van der Waals surface area contributed by atoms with E-state index in [1.165, 1.54) is 0 Å². The van der Waals surface area contributed by atoms with Gasteiger partial charge in [0.05, 0.1) is 11.3 Å². The van der Waals surface area contributed by atoms with Crippen molar-refractivity contribution in [3.05, 3.63) is 0 Å². The molecule has 2 aliphatic rings. The van der Waals surface area contributed by atoms with Crippen LogP contribution in [0.25, 0.3) is 0 Å². The average molecular weight is 296 g/mol. The molecule has 2 saturated carbocycles. The van der Waals surface area contributed by atoms with Gasteiger partial charge in [0, 0.05) is 12.1 Å². The van der Waals surface area contributed by atoms with Crippen molar-refractivity contribution in [2.45, 2.75) is 76.8 Å². The van der Waals surface area contributed by atoms with Gasteiger partial charge in [-0.1, -0.05) is 32.1 Å². The molecule has 0 radical (unpaired) electrons. The molecule has 2 aliphatic carbocycles. The molecule has 0 aliphatic heterocycles. The van der Waals surface area contributed by atoms with E-state index in [9.17, 15) is 14.7 Å². The Morgan fingerprint density at radius 2 is 1.76 bits per heavy atom. The first-order valence-electron chi connectivity index (χ1n) is 8.24. The van der Waals surface area contributed by atoms with Gasteiger partial charge in [0.25, 0.3) is 0 Å². The molecule has 4 atom stereocenters. The fourth-order valence-corrected chi connectivity index (χ4v) is 3.76. The van der Waals surface area contributed by atoms with Crippen LogP contribution in [-0.2, 0) is 9.59 Å². The van der Waals surface area contributed by atoms with Crippen molar-refractivity contribution in [1.82, 2.24) is 5.32 Å². The largest absolute Gasteiger partial charge is 0.481 e. The summed E-state index contributed by atoms with van der Waals surface area (Å²) < 4.78 is 0. The summed E-state index contributed by atoms with van der Waals surface area (Å²) in [5.41, 5.74) is 5.29. The van der Waals surface area contributed by atoms with Gasteiger partial charge in [0.2, 0.25) is 5.91 Å². The summed E-state index contributed by atoms with van der Waals surface area (Å²) in [7, 11) is 0. The van der Waals surface area contributed by atoms with Crippen molar-refractivity contribution in [3.63, 3.8) is 0 Å². The summed E-state index contributed by atoms with van der Waals surface area (Å²) >= 11 is 0. The SMILES string of the molecule is CC1(C(=O)O)CCCCC1NC(=O)C1CCCCCC1N. The smallest absolute Gasteiger partial charge is 0.311 e. The zero-order chi connectivity index (χ0) is 15.5.